The molecule has 2 aromatic rings. The number of anilines is 1. The van der Waals surface area contributed by atoms with Crippen LogP contribution in [0, 0.1) is 40.4 Å². The number of hydrogen-bond donors (Lipinski definition) is 0. The minimum atomic E-state index is -0.298. The average molecular weight is 432 g/mol. The van der Waals surface area contributed by atoms with Crippen LogP contribution >= 0.6 is 0 Å². The van der Waals surface area contributed by atoms with E-state index in [1.807, 2.05) is 30.3 Å². The third-order valence-corrected chi connectivity index (χ3v) is 7.75. The molecule has 4 aliphatic rings. The van der Waals surface area contributed by atoms with Crippen LogP contribution in [0.4, 0.5) is 5.69 Å². The van der Waals surface area contributed by atoms with Crippen LogP contribution in [0.5, 0.6) is 0 Å². The molecule has 0 N–H and O–H groups in total. The van der Waals surface area contributed by atoms with Crippen molar-refractivity contribution in [2.24, 2.45) is 17.8 Å². The number of ketones is 1. The Morgan fingerprint density at radius 1 is 0.879 bits per heavy atom. The smallest absolute Gasteiger partial charge is 0.158 e. The molecule has 2 saturated carbocycles. The predicted molar refractivity (Wildman–Crippen MR) is 127 cm³/mol. The van der Waals surface area contributed by atoms with Gasteiger partial charge in [-0.1, -0.05) is 60.7 Å². The van der Waals surface area contributed by atoms with Gasteiger partial charge in [-0.15, -0.1) is 0 Å². The van der Waals surface area contributed by atoms with Gasteiger partial charge in [-0.2, -0.15) is 10.5 Å². The molecule has 33 heavy (non-hydrogen) atoms. The van der Waals surface area contributed by atoms with Crippen LogP contribution < -0.4 is 4.90 Å². The highest BCUT2D eigenvalue weighted by atomic mass is 16.1. The maximum absolute atomic E-state index is 13.9. The summed E-state index contributed by atoms with van der Waals surface area (Å²) < 4.78 is 0. The van der Waals surface area contributed by atoms with Gasteiger partial charge >= 0.3 is 0 Å². The summed E-state index contributed by atoms with van der Waals surface area (Å²) >= 11 is 0. The lowest BCUT2D eigenvalue weighted by Crippen LogP contribution is -2.44. The number of rotatable bonds is 5. The lowest BCUT2D eigenvalue weighted by Gasteiger charge is -2.36. The summed E-state index contributed by atoms with van der Waals surface area (Å²) in [6.45, 7) is 0. The Labute approximate surface area is 194 Å². The van der Waals surface area contributed by atoms with Crippen molar-refractivity contribution in [2.45, 2.75) is 43.7 Å². The molecular weight excluding hydrogens is 406 g/mol. The number of allylic oxidation sites excluding steroid dienone is 1. The highest BCUT2D eigenvalue weighted by Crippen LogP contribution is 2.57. The molecule has 0 aromatic heterocycles. The van der Waals surface area contributed by atoms with Crippen molar-refractivity contribution >= 4 is 17.5 Å². The molecule has 2 aliphatic heterocycles. The Kier molecular flexibility index (Phi) is 4.70. The molecule has 4 atom stereocenters. The first kappa shape index (κ1) is 20.0. The van der Waals surface area contributed by atoms with E-state index in [0.29, 0.717) is 5.78 Å². The van der Waals surface area contributed by atoms with Gasteiger partial charge in [-0.3, -0.25) is 4.79 Å². The number of carbonyl (C=O) groups excluding carboxylic acids is 1. The third-order valence-electron chi connectivity index (χ3n) is 7.75. The van der Waals surface area contributed by atoms with Gasteiger partial charge in [0.2, 0.25) is 0 Å². The zero-order valence-electron chi connectivity index (χ0n) is 18.4. The van der Waals surface area contributed by atoms with Crippen LogP contribution in [-0.2, 0) is 4.79 Å². The Bertz CT molecular complexity index is 1240. The molecule has 4 heteroatoms. The minimum absolute atomic E-state index is 0.0508. The fourth-order valence-electron chi connectivity index (χ4n) is 6.09. The first-order chi connectivity index (χ1) is 16.2. The van der Waals surface area contributed by atoms with E-state index in [-0.39, 0.29) is 41.3 Å². The molecule has 2 aliphatic carbocycles. The molecule has 4 nitrogen and oxygen atoms in total. The summed E-state index contributed by atoms with van der Waals surface area (Å²) in [5, 5.41) is 19.8. The lowest BCUT2D eigenvalue weighted by atomic mass is 9.73. The predicted octanol–water partition coefficient (Wildman–Crippen LogP) is 5.40. The number of nitriles is 2. The van der Waals surface area contributed by atoms with E-state index >= 15 is 0 Å². The number of fused-ring (bicyclic) bond motifs is 3. The molecule has 0 unspecified atom stereocenters. The standard InChI is InChI=1S/C29H25N3O/c30-16-22(17-31)25(20-10-11-20)27-24-15-14-18-6-4-5-9-23(18)32(24)28(29(33)21-12-13-21)26(27)19-7-2-1-3-8-19/h1-9,14-15,20-21,24,26-28H,10-13H2/t24-,26-,27+,28+/m0/s1. The number of Topliss-reactive ketones (excluding diaryl/α,β-unsaturated/α-hetero) is 1. The average Bonchev–Trinajstić information content (AvgIpc) is 3.78. The van der Waals surface area contributed by atoms with E-state index in [9.17, 15) is 15.3 Å². The van der Waals surface area contributed by atoms with Gasteiger partial charge in [0.25, 0.3) is 0 Å². The summed E-state index contributed by atoms with van der Waals surface area (Å²) in [5.74, 6) is 0.530. The van der Waals surface area contributed by atoms with Crippen LogP contribution in [0.1, 0.15) is 42.7 Å². The van der Waals surface area contributed by atoms with Gasteiger partial charge in [-0.05, 0) is 54.4 Å². The van der Waals surface area contributed by atoms with Crippen molar-refractivity contribution in [3.63, 3.8) is 0 Å². The van der Waals surface area contributed by atoms with Gasteiger partial charge in [-0.25, -0.2) is 0 Å². The van der Waals surface area contributed by atoms with Crippen molar-refractivity contribution < 1.29 is 4.79 Å². The second-order valence-electron chi connectivity index (χ2n) is 9.73. The number of hydrogen-bond acceptors (Lipinski definition) is 4. The SMILES string of the molecule is N#CC(C#N)=C(C1CC1)[C@@H]1[C@H](c2ccccc2)[C@H](C(=O)C2CC2)N2c3ccccc3C=C[C@@H]12. The lowest BCUT2D eigenvalue weighted by molar-refractivity contribution is -0.121. The van der Waals surface area contributed by atoms with Gasteiger partial charge in [0, 0.05) is 23.4 Å². The molecule has 2 heterocycles. The van der Waals surface area contributed by atoms with Gasteiger partial charge in [0.15, 0.2) is 5.78 Å². The van der Waals surface area contributed by atoms with Crippen molar-refractivity contribution in [1.29, 1.82) is 10.5 Å². The number of carbonyl (C=O) groups is 1. The minimum Gasteiger partial charge on any atom is -0.353 e. The molecule has 0 amide bonds. The third kappa shape index (κ3) is 3.21. The summed E-state index contributed by atoms with van der Waals surface area (Å²) in [6, 6.07) is 22.6. The quantitative estimate of drug-likeness (QED) is 0.594. The molecule has 0 radical (unpaired) electrons. The highest BCUT2D eigenvalue weighted by Gasteiger charge is 2.57. The molecule has 3 fully saturated rings. The van der Waals surface area contributed by atoms with Crippen molar-refractivity contribution in [3.05, 3.63) is 82.9 Å². The molecule has 162 valence electrons. The first-order valence-corrected chi connectivity index (χ1v) is 11.9. The monoisotopic (exact) mass is 431 g/mol. The zero-order valence-corrected chi connectivity index (χ0v) is 18.4. The molecular formula is C29H25N3O. The number of para-hydroxylation sites is 1. The maximum Gasteiger partial charge on any atom is 0.158 e. The van der Waals surface area contributed by atoms with Gasteiger partial charge < -0.3 is 4.90 Å². The Balaban J connectivity index is 1.61. The van der Waals surface area contributed by atoms with Crippen molar-refractivity contribution in [1.82, 2.24) is 0 Å². The van der Waals surface area contributed by atoms with Crippen molar-refractivity contribution in [2.75, 3.05) is 4.90 Å². The Morgan fingerprint density at radius 2 is 1.55 bits per heavy atom. The van der Waals surface area contributed by atoms with Crippen LogP contribution in [0.2, 0.25) is 0 Å². The summed E-state index contributed by atoms with van der Waals surface area (Å²) in [5.41, 5.74) is 4.54. The molecule has 1 saturated heterocycles. The van der Waals surface area contributed by atoms with E-state index in [0.717, 1.165) is 48.1 Å². The van der Waals surface area contributed by atoms with Crippen LogP contribution in [0.25, 0.3) is 6.08 Å². The van der Waals surface area contributed by atoms with E-state index < -0.39 is 0 Å². The Hall–Kier alpha value is -3.63. The van der Waals surface area contributed by atoms with Gasteiger partial charge in [0.05, 0.1) is 12.1 Å². The molecule has 0 spiro atoms. The maximum atomic E-state index is 13.9. The number of nitrogens with zero attached hydrogens (tertiary/aromatic N) is 3. The topological polar surface area (TPSA) is 67.9 Å². The molecule has 6 rings (SSSR count). The largest absolute Gasteiger partial charge is 0.353 e. The number of benzene rings is 2. The van der Waals surface area contributed by atoms with Crippen LogP contribution in [0.15, 0.2) is 71.8 Å². The second kappa shape index (κ2) is 7.75. The fourth-order valence-corrected chi connectivity index (χ4v) is 6.09. The second-order valence-corrected chi connectivity index (χ2v) is 9.73. The first-order valence-electron chi connectivity index (χ1n) is 11.9. The van der Waals surface area contributed by atoms with E-state index in [4.69, 9.17) is 0 Å². The highest BCUT2D eigenvalue weighted by molar-refractivity contribution is 5.95. The van der Waals surface area contributed by atoms with Crippen LogP contribution in [0.3, 0.4) is 0 Å². The molecule has 0 bridgehead atoms. The molecule has 2 aromatic carbocycles. The fraction of sp³-hybridized carbons (Fsp3) is 0.345. The normalized spacial score (nSPS) is 27.2. The summed E-state index contributed by atoms with van der Waals surface area (Å²) in [4.78, 5) is 16.2. The van der Waals surface area contributed by atoms with E-state index in [1.54, 1.807) is 0 Å². The van der Waals surface area contributed by atoms with E-state index in [2.05, 4.69) is 53.5 Å². The summed E-state index contributed by atoms with van der Waals surface area (Å²) in [6.07, 6.45) is 8.30. The zero-order chi connectivity index (χ0) is 22.5. The summed E-state index contributed by atoms with van der Waals surface area (Å²) in [7, 11) is 0. The van der Waals surface area contributed by atoms with Gasteiger partial charge in [0.1, 0.15) is 17.7 Å². The Morgan fingerprint density at radius 3 is 2.21 bits per heavy atom. The van der Waals surface area contributed by atoms with Crippen LogP contribution in [-0.4, -0.2) is 17.9 Å². The van der Waals surface area contributed by atoms with E-state index in [1.165, 1.54) is 0 Å². The van der Waals surface area contributed by atoms with Crippen molar-refractivity contribution in [3.8, 4) is 12.1 Å².